The maximum Gasteiger partial charge on any atom is 0.287 e. The molecule has 0 spiro atoms. The molecule has 1 aliphatic heterocycles. The smallest absolute Gasteiger partial charge is 0.287 e. The third kappa shape index (κ3) is 5.09. The molecule has 2 heterocycles. The number of rotatable bonds is 5. The third-order valence-corrected chi connectivity index (χ3v) is 4.34. The number of pyridine rings is 1. The molecular formula is C18H27N5O3. The SMILES string of the molecule is CC(C)C[C@H](N)C(=O)N[C@H]1CCN(C)N(C(=O)c2ccccn2)CC1=O. The van der Waals surface area contributed by atoms with Gasteiger partial charge in [0.1, 0.15) is 5.69 Å². The molecule has 0 radical (unpaired) electrons. The summed E-state index contributed by atoms with van der Waals surface area (Å²) in [4.78, 5) is 41.5. The summed E-state index contributed by atoms with van der Waals surface area (Å²) in [5.74, 6) is -0.601. The van der Waals surface area contributed by atoms with Gasteiger partial charge >= 0.3 is 0 Å². The summed E-state index contributed by atoms with van der Waals surface area (Å²) >= 11 is 0. The van der Waals surface area contributed by atoms with Gasteiger partial charge in [-0.3, -0.25) is 24.4 Å². The van der Waals surface area contributed by atoms with Gasteiger partial charge in [0.2, 0.25) is 5.91 Å². The number of nitrogens with two attached hydrogens (primary N) is 1. The maximum absolute atomic E-state index is 12.6. The van der Waals surface area contributed by atoms with Gasteiger partial charge in [-0.2, -0.15) is 0 Å². The van der Waals surface area contributed by atoms with Crippen molar-refractivity contribution < 1.29 is 14.4 Å². The zero-order valence-corrected chi connectivity index (χ0v) is 15.5. The van der Waals surface area contributed by atoms with Crippen LogP contribution in [0.25, 0.3) is 0 Å². The molecule has 0 saturated carbocycles. The number of carbonyl (C=O) groups is 3. The zero-order valence-electron chi connectivity index (χ0n) is 15.5. The molecule has 2 atom stereocenters. The molecule has 2 amide bonds. The van der Waals surface area contributed by atoms with Crippen LogP contribution in [0.4, 0.5) is 0 Å². The molecule has 1 aromatic heterocycles. The number of ketones is 1. The lowest BCUT2D eigenvalue weighted by Gasteiger charge is -2.28. The summed E-state index contributed by atoms with van der Waals surface area (Å²) in [5, 5.41) is 5.80. The molecule has 0 aliphatic carbocycles. The molecule has 8 heteroatoms. The topological polar surface area (TPSA) is 109 Å². The Hall–Kier alpha value is -2.32. The van der Waals surface area contributed by atoms with Gasteiger partial charge in [0.05, 0.1) is 18.6 Å². The Morgan fingerprint density at radius 2 is 2.12 bits per heavy atom. The number of carbonyl (C=O) groups excluding carboxylic acids is 3. The highest BCUT2D eigenvalue weighted by atomic mass is 16.2. The predicted molar refractivity (Wildman–Crippen MR) is 96.9 cm³/mol. The molecule has 1 aliphatic rings. The molecule has 8 nitrogen and oxygen atoms in total. The van der Waals surface area contributed by atoms with Crippen LogP contribution in [0.15, 0.2) is 24.4 Å². The van der Waals surface area contributed by atoms with Crippen LogP contribution in [-0.2, 0) is 9.59 Å². The summed E-state index contributed by atoms with van der Waals surface area (Å²) in [6.07, 6.45) is 2.50. The number of amides is 2. The van der Waals surface area contributed by atoms with Crippen LogP contribution in [0.2, 0.25) is 0 Å². The highest BCUT2D eigenvalue weighted by Gasteiger charge is 2.33. The van der Waals surface area contributed by atoms with Gasteiger partial charge in [0.15, 0.2) is 5.78 Å². The minimum Gasteiger partial charge on any atom is -0.345 e. The van der Waals surface area contributed by atoms with E-state index in [-0.39, 0.29) is 29.8 Å². The molecular weight excluding hydrogens is 334 g/mol. The van der Waals surface area contributed by atoms with E-state index >= 15 is 0 Å². The van der Waals surface area contributed by atoms with E-state index in [1.807, 2.05) is 13.8 Å². The van der Waals surface area contributed by atoms with Crippen molar-refractivity contribution in [2.75, 3.05) is 20.1 Å². The first-order valence-electron chi connectivity index (χ1n) is 8.82. The Morgan fingerprint density at radius 1 is 1.38 bits per heavy atom. The van der Waals surface area contributed by atoms with Crippen LogP contribution < -0.4 is 11.1 Å². The van der Waals surface area contributed by atoms with Crippen molar-refractivity contribution in [3.05, 3.63) is 30.1 Å². The molecule has 2 rings (SSSR count). The fourth-order valence-electron chi connectivity index (χ4n) is 2.87. The van der Waals surface area contributed by atoms with Gasteiger partial charge in [-0.1, -0.05) is 19.9 Å². The van der Waals surface area contributed by atoms with Gasteiger partial charge < -0.3 is 11.1 Å². The molecule has 26 heavy (non-hydrogen) atoms. The summed E-state index contributed by atoms with van der Waals surface area (Å²) < 4.78 is 0. The highest BCUT2D eigenvalue weighted by Crippen LogP contribution is 2.12. The Morgan fingerprint density at radius 3 is 2.73 bits per heavy atom. The second-order valence-electron chi connectivity index (χ2n) is 7.01. The van der Waals surface area contributed by atoms with E-state index < -0.39 is 12.1 Å². The quantitative estimate of drug-likeness (QED) is 0.776. The van der Waals surface area contributed by atoms with Crippen molar-refractivity contribution in [3.63, 3.8) is 0 Å². The number of hydrazine groups is 1. The van der Waals surface area contributed by atoms with Crippen molar-refractivity contribution in [3.8, 4) is 0 Å². The third-order valence-electron chi connectivity index (χ3n) is 4.34. The summed E-state index contributed by atoms with van der Waals surface area (Å²) in [5.41, 5.74) is 6.16. The van der Waals surface area contributed by atoms with Crippen LogP contribution in [0, 0.1) is 5.92 Å². The molecule has 1 saturated heterocycles. The molecule has 142 valence electrons. The minimum atomic E-state index is -0.648. The van der Waals surface area contributed by atoms with Gasteiger partial charge in [0.25, 0.3) is 5.91 Å². The summed E-state index contributed by atoms with van der Waals surface area (Å²) in [7, 11) is 1.74. The molecule has 1 aromatic rings. The first-order valence-corrected chi connectivity index (χ1v) is 8.82. The highest BCUT2D eigenvalue weighted by molar-refractivity contribution is 5.97. The Balaban J connectivity index is 2.04. The molecule has 0 bridgehead atoms. The Bertz CT molecular complexity index is 649. The van der Waals surface area contributed by atoms with E-state index in [0.717, 1.165) is 0 Å². The standard InChI is InChI=1S/C18H27N5O3/c1-12(2)10-13(19)17(25)21-14-7-9-22(3)23(11-16(14)24)18(26)15-6-4-5-8-20-15/h4-6,8,12-14H,7,9-11,19H2,1-3H3,(H,21,25)/t13-,14-/m0/s1. The lowest BCUT2D eigenvalue weighted by molar-refractivity contribution is -0.129. The molecule has 1 fully saturated rings. The summed E-state index contributed by atoms with van der Waals surface area (Å²) in [6.45, 7) is 4.31. The minimum absolute atomic E-state index is 0.115. The van der Waals surface area contributed by atoms with Gasteiger partial charge in [-0.15, -0.1) is 0 Å². The number of nitrogens with zero attached hydrogens (tertiary/aromatic N) is 3. The van der Waals surface area contributed by atoms with Crippen LogP contribution in [0.1, 0.15) is 37.2 Å². The van der Waals surface area contributed by atoms with E-state index in [1.54, 1.807) is 30.3 Å². The summed E-state index contributed by atoms with van der Waals surface area (Å²) in [6, 6.07) is 3.76. The lowest BCUT2D eigenvalue weighted by Crippen LogP contribution is -2.50. The average Bonchev–Trinajstić information content (AvgIpc) is 2.74. The Kier molecular flexibility index (Phi) is 6.82. The number of aromatic nitrogens is 1. The first kappa shape index (κ1) is 20.0. The van der Waals surface area contributed by atoms with E-state index in [1.165, 1.54) is 11.2 Å². The van der Waals surface area contributed by atoms with Crippen molar-refractivity contribution in [1.29, 1.82) is 0 Å². The lowest BCUT2D eigenvalue weighted by atomic mass is 10.0. The normalized spacial score (nSPS) is 20.0. The second-order valence-corrected chi connectivity index (χ2v) is 7.01. The van der Waals surface area contributed by atoms with Crippen LogP contribution in [0.3, 0.4) is 0 Å². The monoisotopic (exact) mass is 361 g/mol. The Labute approximate surface area is 153 Å². The number of Topliss-reactive ketones (excluding diaryl/α,β-unsaturated/α-hetero) is 1. The van der Waals surface area contributed by atoms with Crippen LogP contribution >= 0.6 is 0 Å². The van der Waals surface area contributed by atoms with Crippen molar-refractivity contribution in [2.24, 2.45) is 11.7 Å². The van der Waals surface area contributed by atoms with Crippen molar-refractivity contribution in [2.45, 2.75) is 38.8 Å². The van der Waals surface area contributed by atoms with E-state index in [2.05, 4.69) is 10.3 Å². The predicted octanol–water partition coefficient (Wildman–Crippen LogP) is 0.202. The van der Waals surface area contributed by atoms with Crippen LogP contribution in [-0.4, -0.2) is 64.8 Å². The van der Waals surface area contributed by atoms with E-state index in [0.29, 0.717) is 25.3 Å². The van der Waals surface area contributed by atoms with Crippen molar-refractivity contribution >= 4 is 17.6 Å². The molecule has 3 N–H and O–H groups in total. The molecule has 0 aromatic carbocycles. The zero-order chi connectivity index (χ0) is 19.3. The van der Waals surface area contributed by atoms with E-state index in [4.69, 9.17) is 5.73 Å². The van der Waals surface area contributed by atoms with Gasteiger partial charge in [0, 0.05) is 19.8 Å². The molecule has 0 unspecified atom stereocenters. The van der Waals surface area contributed by atoms with E-state index in [9.17, 15) is 14.4 Å². The number of hydrogen-bond acceptors (Lipinski definition) is 6. The van der Waals surface area contributed by atoms with Crippen LogP contribution in [0.5, 0.6) is 0 Å². The fourth-order valence-corrected chi connectivity index (χ4v) is 2.87. The maximum atomic E-state index is 12.6. The number of hydrogen-bond donors (Lipinski definition) is 2. The second kappa shape index (κ2) is 8.86. The largest absolute Gasteiger partial charge is 0.345 e. The van der Waals surface area contributed by atoms with Gasteiger partial charge in [-0.05, 0) is 30.9 Å². The average molecular weight is 361 g/mol. The fraction of sp³-hybridized carbons (Fsp3) is 0.556. The first-order chi connectivity index (χ1) is 12.3. The van der Waals surface area contributed by atoms with Gasteiger partial charge in [-0.25, -0.2) is 5.01 Å². The number of nitrogens with one attached hydrogen (secondary N) is 1. The van der Waals surface area contributed by atoms with Crippen molar-refractivity contribution in [1.82, 2.24) is 20.3 Å².